The van der Waals surface area contributed by atoms with Crippen molar-refractivity contribution in [3.8, 4) is 0 Å². The van der Waals surface area contributed by atoms with Gasteiger partial charge in [-0.2, -0.15) is 5.10 Å². The largest absolute Gasteiger partial charge is 0.444 e. The van der Waals surface area contributed by atoms with Gasteiger partial charge in [-0.1, -0.05) is 0 Å². The Hall–Kier alpha value is -2.15. The minimum absolute atomic E-state index is 0.279. The molecule has 20 heavy (non-hydrogen) atoms. The Morgan fingerprint density at radius 3 is 2.90 bits per heavy atom. The number of nitrogens with zero attached hydrogens (tertiary/aromatic N) is 2. The molecule has 0 saturated heterocycles. The lowest BCUT2D eigenvalue weighted by Crippen LogP contribution is -2.12. The van der Waals surface area contributed by atoms with Gasteiger partial charge in [0.1, 0.15) is 0 Å². The molecule has 6 nitrogen and oxygen atoms in total. The van der Waals surface area contributed by atoms with E-state index < -0.39 is 0 Å². The Balaban J connectivity index is 1.90. The van der Waals surface area contributed by atoms with Gasteiger partial charge in [0.25, 0.3) is 5.91 Å². The van der Waals surface area contributed by atoms with Gasteiger partial charge in [-0.3, -0.25) is 9.89 Å². The van der Waals surface area contributed by atoms with Gasteiger partial charge in [0.15, 0.2) is 16.1 Å². The lowest BCUT2D eigenvalue weighted by molar-refractivity contribution is 0.0994. The van der Waals surface area contributed by atoms with Crippen molar-refractivity contribution >= 4 is 38.6 Å². The molecule has 3 aromatic heterocycles. The quantitative estimate of drug-likeness (QED) is 0.753. The lowest BCUT2D eigenvalue weighted by Gasteiger charge is -2.03. The van der Waals surface area contributed by atoms with E-state index in [1.807, 2.05) is 19.9 Å². The lowest BCUT2D eigenvalue weighted by atomic mass is 10.2. The zero-order valence-corrected chi connectivity index (χ0v) is 12.4. The number of H-pyrrole nitrogens is 1. The third-order valence-electron chi connectivity index (χ3n) is 2.95. The molecule has 3 heterocycles. The summed E-state index contributed by atoms with van der Waals surface area (Å²) in [4.78, 5) is 16.3. The monoisotopic (exact) mass is 334 g/mol. The van der Waals surface area contributed by atoms with Crippen molar-refractivity contribution in [3.63, 3.8) is 0 Å². The van der Waals surface area contributed by atoms with Crippen LogP contribution in [0.3, 0.4) is 0 Å². The summed E-state index contributed by atoms with van der Waals surface area (Å²) in [5.41, 5.74) is 2.89. The van der Waals surface area contributed by atoms with Crippen molar-refractivity contribution in [2.24, 2.45) is 0 Å². The topological polar surface area (TPSA) is 83.8 Å². The molecule has 0 saturated carbocycles. The minimum Gasteiger partial charge on any atom is -0.444 e. The number of amides is 1. The van der Waals surface area contributed by atoms with Gasteiger partial charge < -0.3 is 9.73 Å². The Kier molecular flexibility index (Phi) is 3.06. The minimum atomic E-state index is -0.310. The molecule has 0 spiro atoms. The van der Waals surface area contributed by atoms with Crippen LogP contribution in [0.5, 0.6) is 0 Å². The van der Waals surface area contributed by atoms with Crippen molar-refractivity contribution in [3.05, 3.63) is 40.0 Å². The Bertz CT molecular complexity index is 806. The van der Waals surface area contributed by atoms with Crippen LogP contribution in [0.15, 0.2) is 27.4 Å². The number of aromatic nitrogens is 3. The van der Waals surface area contributed by atoms with Gasteiger partial charge in [-0.25, -0.2) is 4.98 Å². The molecule has 2 N–H and O–H groups in total. The summed E-state index contributed by atoms with van der Waals surface area (Å²) in [6, 6.07) is 3.57. The van der Waals surface area contributed by atoms with E-state index in [4.69, 9.17) is 4.42 Å². The molecule has 0 aromatic carbocycles. The molecule has 0 unspecified atom stereocenters. The molecule has 102 valence electrons. The van der Waals surface area contributed by atoms with E-state index in [1.54, 1.807) is 12.3 Å². The van der Waals surface area contributed by atoms with E-state index in [9.17, 15) is 4.79 Å². The maximum absolute atomic E-state index is 12.1. The van der Waals surface area contributed by atoms with E-state index in [1.165, 1.54) is 0 Å². The molecule has 1 amide bonds. The Morgan fingerprint density at radius 1 is 1.40 bits per heavy atom. The molecular formula is C13H11BrN4O2. The van der Waals surface area contributed by atoms with Crippen LogP contribution in [0.4, 0.5) is 5.69 Å². The zero-order chi connectivity index (χ0) is 14.3. The van der Waals surface area contributed by atoms with E-state index in [-0.39, 0.29) is 11.7 Å². The number of carbonyl (C=O) groups excluding carboxylic acids is 1. The fourth-order valence-corrected chi connectivity index (χ4v) is 2.45. The highest BCUT2D eigenvalue weighted by Gasteiger charge is 2.15. The number of hydrogen-bond acceptors (Lipinski definition) is 4. The molecule has 0 aliphatic carbocycles. The van der Waals surface area contributed by atoms with Crippen LogP contribution in [0, 0.1) is 13.8 Å². The predicted octanol–water partition coefficient (Wildman–Crippen LogP) is 3.18. The number of nitrogens with one attached hydrogen (secondary N) is 2. The van der Waals surface area contributed by atoms with Crippen LogP contribution in [-0.4, -0.2) is 21.1 Å². The van der Waals surface area contributed by atoms with Gasteiger partial charge in [0.05, 0.1) is 11.9 Å². The van der Waals surface area contributed by atoms with Gasteiger partial charge in [-0.15, -0.1) is 0 Å². The third-order valence-corrected chi connectivity index (χ3v) is 3.34. The second-order valence-corrected chi connectivity index (χ2v) is 5.24. The number of aryl methyl sites for hydroxylation is 2. The molecular weight excluding hydrogens is 324 g/mol. The first-order valence-corrected chi connectivity index (χ1v) is 6.72. The summed E-state index contributed by atoms with van der Waals surface area (Å²) in [6.07, 6.45) is 1.56. The highest BCUT2D eigenvalue weighted by Crippen LogP contribution is 2.22. The number of carbonyl (C=O) groups is 1. The van der Waals surface area contributed by atoms with Crippen LogP contribution in [-0.2, 0) is 0 Å². The molecule has 3 rings (SSSR count). The van der Waals surface area contributed by atoms with Crippen LogP contribution >= 0.6 is 15.9 Å². The number of pyridine rings is 1. The predicted molar refractivity (Wildman–Crippen MR) is 77.7 cm³/mol. The molecule has 0 radical (unpaired) electrons. The first kappa shape index (κ1) is 12.9. The summed E-state index contributed by atoms with van der Waals surface area (Å²) in [5.74, 6) is -0.0311. The summed E-state index contributed by atoms with van der Waals surface area (Å²) in [5, 5.41) is 10.5. The van der Waals surface area contributed by atoms with E-state index in [0.29, 0.717) is 16.0 Å². The maximum Gasteiger partial charge on any atom is 0.291 e. The smallest absolute Gasteiger partial charge is 0.291 e. The number of anilines is 1. The van der Waals surface area contributed by atoms with Gasteiger partial charge >= 0.3 is 0 Å². The van der Waals surface area contributed by atoms with Crippen molar-refractivity contribution in [1.82, 2.24) is 15.2 Å². The standard InChI is InChI=1S/C13H11BrN4O2/c1-6-3-10(14)20-11(6)13(19)16-8-4-9-7(2)17-18-12(9)15-5-8/h3-5H,1-2H3,(H,16,19)(H,15,17,18). The molecule has 0 fully saturated rings. The number of aromatic amines is 1. The third kappa shape index (κ3) is 2.20. The van der Waals surface area contributed by atoms with E-state index in [0.717, 1.165) is 16.6 Å². The molecule has 3 aromatic rings. The second kappa shape index (κ2) is 4.75. The van der Waals surface area contributed by atoms with Crippen molar-refractivity contribution in [2.75, 3.05) is 5.32 Å². The number of halogens is 1. The van der Waals surface area contributed by atoms with Crippen LogP contribution in [0.1, 0.15) is 21.8 Å². The van der Waals surface area contributed by atoms with Crippen LogP contribution in [0.2, 0.25) is 0 Å². The van der Waals surface area contributed by atoms with Gasteiger partial charge in [0, 0.05) is 16.6 Å². The summed E-state index contributed by atoms with van der Waals surface area (Å²) < 4.78 is 5.84. The van der Waals surface area contributed by atoms with Crippen molar-refractivity contribution < 1.29 is 9.21 Å². The summed E-state index contributed by atoms with van der Waals surface area (Å²) in [6.45, 7) is 3.71. The second-order valence-electron chi connectivity index (χ2n) is 4.46. The molecule has 0 bridgehead atoms. The molecule has 7 heteroatoms. The average molecular weight is 335 g/mol. The maximum atomic E-state index is 12.1. The number of furan rings is 1. The van der Waals surface area contributed by atoms with Crippen LogP contribution in [0.25, 0.3) is 11.0 Å². The van der Waals surface area contributed by atoms with Gasteiger partial charge in [0.2, 0.25) is 0 Å². The Morgan fingerprint density at radius 2 is 2.20 bits per heavy atom. The normalized spacial score (nSPS) is 10.9. The molecule has 0 aliphatic heterocycles. The number of rotatable bonds is 2. The summed E-state index contributed by atoms with van der Waals surface area (Å²) >= 11 is 3.20. The van der Waals surface area contributed by atoms with Crippen LogP contribution < -0.4 is 5.32 Å². The Labute approximate surface area is 122 Å². The fraction of sp³-hybridized carbons (Fsp3) is 0.154. The highest BCUT2D eigenvalue weighted by molar-refractivity contribution is 9.10. The molecule has 0 atom stereocenters. The average Bonchev–Trinajstić information content (AvgIpc) is 2.93. The first-order chi connectivity index (χ1) is 9.54. The zero-order valence-electron chi connectivity index (χ0n) is 10.8. The number of hydrogen-bond donors (Lipinski definition) is 2. The number of fused-ring (bicyclic) bond motifs is 1. The SMILES string of the molecule is Cc1cc(Br)oc1C(=O)Nc1cnc2n[nH]c(C)c2c1. The summed E-state index contributed by atoms with van der Waals surface area (Å²) in [7, 11) is 0. The van der Waals surface area contributed by atoms with E-state index >= 15 is 0 Å². The fourth-order valence-electron chi connectivity index (χ4n) is 1.94. The first-order valence-electron chi connectivity index (χ1n) is 5.92. The van der Waals surface area contributed by atoms with E-state index in [2.05, 4.69) is 36.4 Å². The van der Waals surface area contributed by atoms with Crippen molar-refractivity contribution in [1.29, 1.82) is 0 Å². The molecule has 0 aliphatic rings. The van der Waals surface area contributed by atoms with Crippen molar-refractivity contribution in [2.45, 2.75) is 13.8 Å². The highest BCUT2D eigenvalue weighted by atomic mass is 79.9. The van der Waals surface area contributed by atoms with Gasteiger partial charge in [-0.05, 0) is 41.9 Å².